The summed E-state index contributed by atoms with van der Waals surface area (Å²) in [5, 5.41) is 0. The molecule has 0 radical (unpaired) electrons. The Morgan fingerprint density at radius 1 is 0.314 bits per heavy atom. The summed E-state index contributed by atoms with van der Waals surface area (Å²) >= 11 is 0. The molecule has 51 heavy (non-hydrogen) atoms. The van der Waals surface area contributed by atoms with E-state index < -0.39 is 0 Å². The predicted molar refractivity (Wildman–Crippen MR) is 204 cm³/mol. The molecule has 300 valence electrons. The quantitative estimate of drug-likeness (QED) is 0.0540. The highest BCUT2D eigenvalue weighted by Crippen LogP contribution is 2.14. The highest BCUT2D eigenvalue weighted by Gasteiger charge is 1.98. The van der Waals surface area contributed by atoms with Crippen molar-refractivity contribution < 1.29 is 47.4 Å². The molecule has 2 N–H and O–H groups in total. The van der Waals surface area contributed by atoms with Crippen LogP contribution in [0.2, 0.25) is 0 Å². The lowest BCUT2D eigenvalue weighted by Crippen LogP contribution is -2.15. The van der Waals surface area contributed by atoms with E-state index in [4.69, 9.17) is 53.1 Å². The van der Waals surface area contributed by atoms with Gasteiger partial charge in [0.1, 0.15) is 12.4 Å². The molecule has 0 aromatic heterocycles. The van der Waals surface area contributed by atoms with E-state index in [-0.39, 0.29) is 0 Å². The van der Waals surface area contributed by atoms with E-state index >= 15 is 0 Å². The zero-order valence-electron chi connectivity index (χ0n) is 32.3. The standard InChI is InChI=1S/C40H75NO10/c1-2-3-4-5-6-7-8-9-10-11-12-13-14-15-20-42-21-22-43-23-24-44-25-26-45-27-28-46-29-30-47-31-32-48-33-34-49-35-36-50-37-38-51-40-18-16-39(41)17-19-40/h16-19H,2-15,20-38,41H2,1H3. The van der Waals surface area contributed by atoms with Crippen LogP contribution >= 0.6 is 0 Å². The Balaban J connectivity index is 1.61. The second-order valence-electron chi connectivity index (χ2n) is 12.5. The Morgan fingerprint density at radius 2 is 0.569 bits per heavy atom. The van der Waals surface area contributed by atoms with Crippen molar-refractivity contribution in [2.24, 2.45) is 0 Å². The first-order chi connectivity index (χ1) is 25.3. The number of ether oxygens (including phenoxy) is 10. The molecular formula is C40H75NO10. The molecule has 11 nitrogen and oxygen atoms in total. The topological polar surface area (TPSA) is 118 Å². The summed E-state index contributed by atoms with van der Waals surface area (Å²) < 4.78 is 55.4. The van der Waals surface area contributed by atoms with Crippen LogP contribution in [0.3, 0.4) is 0 Å². The van der Waals surface area contributed by atoms with Crippen LogP contribution in [0.1, 0.15) is 96.8 Å². The van der Waals surface area contributed by atoms with Crippen molar-refractivity contribution in [3.05, 3.63) is 24.3 Å². The highest BCUT2D eigenvalue weighted by molar-refractivity contribution is 5.41. The largest absolute Gasteiger partial charge is 0.491 e. The Bertz CT molecular complexity index is 789. The van der Waals surface area contributed by atoms with Crippen molar-refractivity contribution >= 4 is 5.69 Å². The van der Waals surface area contributed by atoms with E-state index in [1.54, 1.807) is 12.1 Å². The van der Waals surface area contributed by atoms with Gasteiger partial charge in [-0.1, -0.05) is 90.4 Å². The third-order valence-corrected chi connectivity index (χ3v) is 7.99. The maximum atomic E-state index is 5.68. The predicted octanol–water partition coefficient (Wildman–Crippen LogP) is 7.28. The molecule has 0 aliphatic carbocycles. The third kappa shape index (κ3) is 38.0. The number of anilines is 1. The molecule has 11 heteroatoms. The summed E-state index contributed by atoms with van der Waals surface area (Å²) in [4.78, 5) is 0. The van der Waals surface area contributed by atoms with Crippen molar-refractivity contribution in [3.8, 4) is 5.75 Å². The summed E-state index contributed by atoms with van der Waals surface area (Å²) in [5.41, 5.74) is 6.36. The average molecular weight is 730 g/mol. The third-order valence-electron chi connectivity index (χ3n) is 7.99. The van der Waals surface area contributed by atoms with Crippen molar-refractivity contribution in [3.63, 3.8) is 0 Å². The molecular weight excluding hydrogens is 654 g/mol. The number of rotatable bonds is 43. The maximum absolute atomic E-state index is 5.68. The van der Waals surface area contributed by atoms with Crippen LogP contribution in [0, 0.1) is 0 Å². The second kappa shape index (κ2) is 41.2. The van der Waals surface area contributed by atoms with Crippen LogP contribution in [-0.2, 0) is 42.6 Å². The fourth-order valence-electron chi connectivity index (χ4n) is 5.04. The lowest BCUT2D eigenvalue weighted by molar-refractivity contribution is -0.0254. The van der Waals surface area contributed by atoms with Gasteiger partial charge in [0, 0.05) is 12.3 Å². The first kappa shape index (κ1) is 47.5. The van der Waals surface area contributed by atoms with Crippen LogP contribution in [0.4, 0.5) is 5.69 Å². The van der Waals surface area contributed by atoms with Gasteiger partial charge < -0.3 is 53.1 Å². The molecule has 1 aromatic rings. The smallest absolute Gasteiger partial charge is 0.119 e. The number of hydrogen-bond donors (Lipinski definition) is 1. The zero-order chi connectivity index (χ0) is 36.4. The molecule has 0 amide bonds. The molecule has 0 spiro atoms. The number of nitrogen functional groups attached to an aromatic ring is 1. The van der Waals surface area contributed by atoms with Gasteiger partial charge >= 0.3 is 0 Å². The van der Waals surface area contributed by atoms with E-state index in [0.717, 1.165) is 18.8 Å². The SMILES string of the molecule is CCCCCCCCCCCCCCCCOCCOCCOCCOCCOCCOCCOCCOCCOCCOc1ccc(N)cc1. The Kier molecular flexibility index (Phi) is 38.4. The van der Waals surface area contributed by atoms with E-state index in [2.05, 4.69) is 6.92 Å². The van der Waals surface area contributed by atoms with E-state index in [9.17, 15) is 0 Å². The summed E-state index contributed by atoms with van der Waals surface area (Å²) in [6, 6.07) is 7.29. The van der Waals surface area contributed by atoms with Crippen molar-refractivity contribution in [2.45, 2.75) is 96.8 Å². The van der Waals surface area contributed by atoms with Gasteiger partial charge in [-0.3, -0.25) is 0 Å². The highest BCUT2D eigenvalue weighted by atomic mass is 16.6. The van der Waals surface area contributed by atoms with E-state index in [1.807, 2.05) is 12.1 Å². The zero-order valence-corrected chi connectivity index (χ0v) is 32.3. The Hall–Kier alpha value is -1.54. The van der Waals surface area contributed by atoms with E-state index in [1.165, 1.54) is 83.5 Å². The van der Waals surface area contributed by atoms with E-state index in [0.29, 0.717) is 125 Å². The first-order valence-corrected chi connectivity index (χ1v) is 20.0. The van der Waals surface area contributed by atoms with Gasteiger partial charge in [0.2, 0.25) is 0 Å². The van der Waals surface area contributed by atoms with Crippen LogP contribution < -0.4 is 10.5 Å². The molecule has 0 heterocycles. The minimum atomic E-state index is 0.481. The summed E-state index contributed by atoms with van der Waals surface area (Å²) in [6.07, 6.45) is 19.3. The van der Waals surface area contributed by atoms with Gasteiger partial charge in [-0.05, 0) is 30.7 Å². The first-order valence-electron chi connectivity index (χ1n) is 20.0. The van der Waals surface area contributed by atoms with Gasteiger partial charge in [0.05, 0.1) is 112 Å². The van der Waals surface area contributed by atoms with Gasteiger partial charge in [-0.2, -0.15) is 0 Å². The van der Waals surface area contributed by atoms with Crippen LogP contribution in [0.15, 0.2) is 24.3 Å². The fourth-order valence-corrected chi connectivity index (χ4v) is 5.04. The second-order valence-corrected chi connectivity index (χ2v) is 12.5. The van der Waals surface area contributed by atoms with Crippen LogP contribution in [0.5, 0.6) is 5.75 Å². The molecule has 0 saturated heterocycles. The lowest BCUT2D eigenvalue weighted by Gasteiger charge is -2.09. The normalized spacial score (nSPS) is 11.5. The van der Waals surface area contributed by atoms with Gasteiger partial charge in [0.15, 0.2) is 0 Å². The van der Waals surface area contributed by atoms with Crippen LogP contribution in [0.25, 0.3) is 0 Å². The van der Waals surface area contributed by atoms with Gasteiger partial charge in [-0.15, -0.1) is 0 Å². The fraction of sp³-hybridized carbons (Fsp3) is 0.850. The van der Waals surface area contributed by atoms with Gasteiger partial charge in [0.25, 0.3) is 0 Å². The van der Waals surface area contributed by atoms with Crippen molar-refractivity contribution in [1.29, 1.82) is 0 Å². The molecule has 0 aliphatic heterocycles. The summed E-state index contributed by atoms with van der Waals surface area (Å²) in [5.74, 6) is 0.777. The minimum absolute atomic E-state index is 0.481. The molecule has 0 unspecified atom stereocenters. The molecule has 0 atom stereocenters. The minimum Gasteiger partial charge on any atom is -0.491 e. The number of hydrogen-bond acceptors (Lipinski definition) is 11. The van der Waals surface area contributed by atoms with Crippen molar-refractivity contribution in [1.82, 2.24) is 0 Å². The summed E-state index contributed by atoms with van der Waals surface area (Å²) in [6.45, 7) is 12.8. The van der Waals surface area contributed by atoms with Crippen LogP contribution in [-0.4, -0.2) is 126 Å². The summed E-state index contributed by atoms with van der Waals surface area (Å²) in [7, 11) is 0. The molecule has 1 aromatic carbocycles. The van der Waals surface area contributed by atoms with Crippen molar-refractivity contribution in [2.75, 3.05) is 131 Å². The molecule has 0 saturated carbocycles. The number of nitrogens with two attached hydrogens (primary N) is 1. The molecule has 0 aliphatic rings. The molecule has 1 rings (SSSR count). The average Bonchev–Trinajstić information content (AvgIpc) is 3.14. The number of benzene rings is 1. The monoisotopic (exact) mass is 730 g/mol. The Morgan fingerprint density at radius 3 is 0.882 bits per heavy atom. The maximum Gasteiger partial charge on any atom is 0.119 e. The number of unbranched alkanes of at least 4 members (excludes halogenated alkanes) is 13. The molecule has 0 fully saturated rings. The molecule has 0 bridgehead atoms. The van der Waals surface area contributed by atoms with Gasteiger partial charge in [-0.25, -0.2) is 0 Å². The Labute approximate surface area is 310 Å². The lowest BCUT2D eigenvalue weighted by atomic mass is 10.0.